The van der Waals surface area contributed by atoms with Crippen LogP contribution < -0.4 is 5.32 Å². The van der Waals surface area contributed by atoms with Gasteiger partial charge < -0.3 is 5.32 Å². The Hall–Kier alpha value is -1.84. The highest BCUT2D eigenvalue weighted by molar-refractivity contribution is 5.42. The van der Waals surface area contributed by atoms with Crippen LogP contribution in [0.15, 0.2) is 30.5 Å². The van der Waals surface area contributed by atoms with Crippen molar-refractivity contribution in [2.24, 2.45) is 7.05 Å². The third kappa shape index (κ3) is 2.39. The van der Waals surface area contributed by atoms with Crippen molar-refractivity contribution in [2.45, 2.75) is 13.5 Å². The molecule has 0 unspecified atom stereocenters. The van der Waals surface area contributed by atoms with Crippen LogP contribution >= 0.6 is 0 Å². The standard InChI is InChI=1S/C12H14FN3/c1-9-8-16(2)15-12(9)14-7-10-3-5-11(13)6-4-10/h3-6,8H,7H2,1-2H3,(H,14,15). The van der Waals surface area contributed by atoms with Crippen LogP contribution in [0.2, 0.25) is 0 Å². The fraction of sp³-hybridized carbons (Fsp3) is 0.250. The monoisotopic (exact) mass is 219 g/mol. The Bertz CT molecular complexity index is 474. The fourth-order valence-corrected chi connectivity index (χ4v) is 1.57. The first-order chi connectivity index (χ1) is 7.65. The lowest BCUT2D eigenvalue weighted by Crippen LogP contribution is -2.01. The highest BCUT2D eigenvalue weighted by atomic mass is 19.1. The van der Waals surface area contributed by atoms with Gasteiger partial charge in [0.05, 0.1) is 0 Å². The molecule has 0 aliphatic rings. The Morgan fingerprint density at radius 1 is 1.31 bits per heavy atom. The van der Waals surface area contributed by atoms with Crippen molar-refractivity contribution in [3.8, 4) is 0 Å². The second-order valence-corrected chi connectivity index (χ2v) is 3.81. The number of aromatic nitrogens is 2. The van der Waals surface area contributed by atoms with Crippen molar-refractivity contribution in [2.75, 3.05) is 5.32 Å². The fourth-order valence-electron chi connectivity index (χ4n) is 1.57. The molecule has 2 rings (SSSR count). The normalized spacial score (nSPS) is 10.4. The summed E-state index contributed by atoms with van der Waals surface area (Å²) in [6, 6.07) is 6.45. The van der Waals surface area contributed by atoms with Gasteiger partial charge in [0.1, 0.15) is 5.82 Å². The minimum atomic E-state index is -0.210. The van der Waals surface area contributed by atoms with Gasteiger partial charge >= 0.3 is 0 Å². The smallest absolute Gasteiger partial charge is 0.151 e. The van der Waals surface area contributed by atoms with E-state index in [-0.39, 0.29) is 5.82 Å². The number of benzene rings is 1. The van der Waals surface area contributed by atoms with Crippen LogP contribution in [0.4, 0.5) is 10.2 Å². The molecule has 1 aromatic heterocycles. The van der Waals surface area contributed by atoms with Crippen LogP contribution in [-0.2, 0) is 13.6 Å². The molecule has 0 aliphatic carbocycles. The second kappa shape index (κ2) is 4.35. The van der Waals surface area contributed by atoms with E-state index in [1.807, 2.05) is 20.2 Å². The molecule has 0 spiro atoms. The van der Waals surface area contributed by atoms with Crippen LogP contribution in [-0.4, -0.2) is 9.78 Å². The van der Waals surface area contributed by atoms with Crippen molar-refractivity contribution in [1.82, 2.24) is 9.78 Å². The van der Waals surface area contributed by atoms with Crippen LogP contribution in [0, 0.1) is 12.7 Å². The summed E-state index contributed by atoms with van der Waals surface area (Å²) in [5.41, 5.74) is 2.14. The van der Waals surface area contributed by atoms with E-state index in [2.05, 4.69) is 10.4 Å². The zero-order valence-electron chi connectivity index (χ0n) is 9.37. The van der Waals surface area contributed by atoms with E-state index in [4.69, 9.17) is 0 Å². The van der Waals surface area contributed by atoms with Crippen molar-refractivity contribution in [3.05, 3.63) is 47.4 Å². The van der Waals surface area contributed by atoms with Gasteiger partial charge in [-0.05, 0) is 24.6 Å². The molecule has 0 amide bonds. The predicted molar refractivity (Wildman–Crippen MR) is 61.7 cm³/mol. The topological polar surface area (TPSA) is 29.9 Å². The minimum absolute atomic E-state index is 0.210. The summed E-state index contributed by atoms with van der Waals surface area (Å²) in [6.07, 6.45) is 1.95. The average molecular weight is 219 g/mol. The molecule has 3 nitrogen and oxygen atoms in total. The van der Waals surface area contributed by atoms with E-state index in [1.54, 1.807) is 16.8 Å². The molecular formula is C12H14FN3. The van der Waals surface area contributed by atoms with Gasteiger partial charge in [-0.15, -0.1) is 0 Å². The molecule has 1 heterocycles. The summed E-state index contributed by atoms with van der Waals surface area (Å²) in [5, 5.41) is 7.49. The van der Waals surface area contributed by atoms with Gasteiger partial charge in [-0.25, -0.2) is 4.39 Å². The summed E-state index contributed by atoms with van der Waals surface area (Å²) in [5.74, 6) is 0.657. The number of hydrogen-bond acceptors (Lipinski definition) is 2. The second-order valence-electron chi connectivity index (χ2n) is 3.81. The van der Waals surface area contributed by atoms with Gasteiger partial charge in [-0.2, -0.15) is 5.10 Å². The molecule has 0 saturated carbocycles. The largest absolute Gasteiger partial charge is 0.364 e. The predicted octanol–water partition coefficient (Wildman–Crippen LogP) is 2.48. The molecule has 2 aromatic rings. The molecule has 0 radical (unpaired) electrons. The highest BCUT2D eigenvalue weighted by Gasteiger charge is 2.02. The maximum atomic E-state index is 12.7. The van der Waals surface area contributed by atoms with Crippen molar-refractivity contribution in [1.29, 1.82) is 0 Å². The summed E-state index contributed by atoms with van der Waals surface area (Å²) >= 11 is 0. The Balaban J connectivity index is 2.02. The summed E-state index contributed by atoms with van der Waals surface area (Å²) in [7, 11) is 1.88. The number of anilines is 1. The molecule has 1 aromatic carbocycles. The van der Waals surface area contributed by atoms with Crippen molar-refractivity contribution >= 4 is 5.82 Å². The SMILES string of the molecule is Cc1cn(C)nc1NCc1ccc(F)cc1. The first-order valence-electron chi connectivity index (χ1n) is 5.14. The number of aryl methyl sites for hydroxylation is 2. The molecule has 1 N–H and O–H groups in total. The van der Waals surface area contributed by atoms with Crippen molar-refractivity contribution in [3.63, 3.8) is 0 Å². The third-order valence-corrected chi connectivity index (χ3v) is 2.38. The van der Waals surface area contributed by atoms with E-state index >= 15 is 0 Å². The lowest BCUT2D eigenvalue weighted by molar-refractivity contribution is 0.627. The number of nitrogens with zero attached hydrogens (tertiary/aromatic N) is 2. The minimum Gasteiger partial charge on any atom is -0.364 e. The van der Waals surface area contributed by atoms with Crippen LogP contribution in [0.25, 0.3) is 0 Å². The quantitative estimate of drug-likeness (QED) is 0.859. The Morgan fingerprint density at radius 3 is 2.56 bits per heavy atom. The maximum Gasteiger partial charge on any atom is 0.151 e. The zero-order chi connectivity index (χ0) is 11.5. The number of hydrogen-bond donors (Lipinski definition) is 1. The van der Waals surface area contributed by atoms with E-state index in [0.717, 1.165) is 16.9 Å². The molecular weight excluding hydrogens is 205 g/mol. The first-order valence-corrected chi connectivity index (χ1v) is 5.14. The molecule has 84 valence electrons. The molecule has 16 heavy (non-hydrogen) atoms. The van der Waals surface area contributed by atoms with E-state index < -0.39 is 0 Å². The summed E-state index contributed by atoms with van der Waals surface area (Å²) < 4.78 is 14.4. The lowest BCUT2D eigenvalue weighted by atomic mass is 10.2. The molecule has 0 bridgehead atoms. The Morgan fingerprint density at radius 2 is 2.00 bits per heavy atom. The Kier molecular flexibility index (Phi) is 2.90. The van der Waals surface area contributed by atoms with Crippen LogP contribution in [0.3, 0.4) is 0 Å². The number of halogens is 1. The van der Waals surface area contributed by atoms with E-state index in [9.17, 15) is 4.39 Å². The van der Waals surface area contributed by atoms with E-state index in [0.29, 0.717) is 6.54 Å². The Labute approximate surface area is 93.9 Å². The zero-order valence-corrected chi connectivity index (χ0v) is 9.37. The van der Waals surface area contributed by atoms with Gasteiger partial charge in [0.25, 0.3) is 0 Å². The van der Waals surface area contributed by atoms with Gasteiger partial charge in [0.2, 0.25) is 0 Å². The van der Waals surface area contributed by atoms with Crippen molar-refractivity contribution < 1.29 is 4.39 Å². The molecule has 4 heteroatoms. The summed E-state index contributed by atoms with van der Waals surface area (Å²) in [6.45, 7) is 2.65. The summed E-state index contributed by atoms with van der Waals surface area (Å²) in [4.78, 5) is 0. The molecule has 0 fully saturated rings. The average Bonchev–Trinajstić information content (AvgIpc) is 2.57. The molecule has 0 saturated heterocycles. The van der Waals surface area contributed by atoms with Crippen LogP contribution in [0.5, 0.6) is 0 Å². The van der Waals surface area contributed by atoms with Gasteiger partial charge in [-0.3, -0.25) is 4.68 Å². The lowest BCUT2D eigenvalue weighted by Gasteiger charge is -2.04. The highest BCUT2D eigenvalue weighted by Crippen LogP contribution is 2.12. The van der Waals surface area contributed by atoms with Gasteiger partial charge in [0.15, 0.2) is 5.82 Å². The third-order valence-electron chi connectivity index (χ3n) is 2.38. The molecule has 0 atom stereocenters. The first kappa shape index (κ1) is 10.7. The maximum absolute atomic E-state index is 12.7. The van der Waals surface area contributed by atoms with Gasteiger partial charge in [0, 0.05) is 25.4 Å². The van der Waals surface area contributed by atoms with Crippen LogP contribution in [0.1, 0.15) is 11.1 Å². The molecule has 0 aliphatic heterocycles. The van der Waals surface area contributed by atoms with E-state index in [1.165, 1.54) is 12.1 Å². The van der Waals surface area contributed by atoms with Gasteiger partial charge in [-0.1, -0.05) is 12.1 Å². The number of rotatable bonds is 3. The number of nitrogens with one attached hydrogen (secondary N) is 1.